The van der Waals surface area contributed by atoms with E-state index in [1.165, 1.54) is 0 Å². The molecule has 0 fully saturated rings. The minimum atomic E-state index is -3.53. The van der Waals surface area contributed by atoms with E-state index < -0.39 is 16.1 Å². The molecule has 5 nitrogen and oxygen atoms in total. The van der Waals surface area contributed by atoms with Gasteiger partial charge in [-0.2, -0.15) is 0 Å². The molecule has 1 aromatic rings. The van der Waals surface area contributed by atoms with Crippen LogP contribution >= 0.6 is 0 Å². The zero-order chi connectivity index (χ0) is 16.0. The van der Waals surface area contributed by atoms with Crippen molar-refractivity contribution >= 4 is 21.6 Å². The third-order valence-electron chi connectivity index (χ3n) is 3.21. The van der Waals surface area contributed by atoms with Crippen molar-refractivity contribution in [2.75, 3.05) is 17.1 Å². The van der Waals surface area contributed by atoms with Gasteiger partial charge >= 0.3 is 0 Å². The van der Waals surface area contributed by atoms with Crippen LogP contribution in [0.1, 0.15) is 32.3 Å². The molecular weight excluding hydrogens is 288 g/mol. The zero-order valence-electron chi connectivity index (χ0n) is 13.1. The molecule has 118 valence electrons. The van der Waals surface area contributed by atoms with Crippen LogP contribution in [0, 0.1) is 6.92 Å². The summed E-state index contributed by atoms with van der Waals surface area (Å²) >= 11 is 0. The molecular formula is C15H24N2O3S. The lowest BCUT2D eigenvalue weighted by atomic mass is 10.2. The quantitative estimate of drug-likeness (QED) is 0.784. The van der Waals surface area contributed by atoms with Crippen LogP contribution in [0.5, 0.6) is 0 Å². The molecule has 1 N–H and O–H groups in total. The Morgan fingerprint density at radius 3 is 2.33 bits per heavy atom. The second-order valence-electron chi connectivity index (χ2n) is 5.21. The lowest BCUT2D eigenvalue weighted by molar-refractivity contribution is -0.121. The van der Waals surface area contributed by atoms with Crippen LogP contribution in [-0.2, 0) is 14.8 Å². The lowest BCUT2D eigenvalue weighted by Gasteiger charge is -2.28. The molecule has 0 aliphatic heterocycles. The average molecular weight is 312 g/mol. The smallest absolute Gasteiger partial charge is 0.243 e. The second-order valence-corrected chi connectivity index (χ2v) is 7.07. The summed E-state index contributed by atoms with van der Waals surface area (Å²) in [5, 5.41) is 2.77. The van der Waals surface area contributed by atoms with Gasteiger partial charge in [-0.3, -0.25) is 9.10 Å². The van der Waals surface area contributed by atoms with Crippen LogP contribution < -0.4 is 9.62 Å². The number of hydrogen-bond donors (Lipinski definition) is 1. The summed E-state index contributed by atoms with van der Waals surface area (Å²) in [7, 11) is -3.53. The molecule has 0 bridgehead atoms. The van der Waals surface area contributed by atoms with Crippen LogP contribution in [-0.4, -0.2) is 33.2 Å². The van der Waals surface area contributed by atoms with E-state index in [0.29, 0.717) is 12.2 Å². The Kier molecular flexibility index (Phi) is 6.20. The largest absolute Gasteiger partial charge is 0.354 e. The summed E-state index contributed by atoms with van der Waals surface area (Å²) in [4.78, 5) is 12.1. The van der Waals surface area contributed by atoms with Gasteiger partial charge in [-0.1, -0.05) is 31.0 Å². The standard InChI is InChI=1S/C15H24N2O3S/c1-5-6-11-16-15(18)13(3)17(21(4,19)20)14-9-7-12(2)8-10-14/h7-10,13H,5-6,11H2,1-4H3,(H,16,18)/t13-/m1/s1. The van der Waals surface area contributed by atoms with E-state index in [0.717, 1.165) is 29.0 Å². The summed E-state index contributed by atoms with van der Waals surface area (Å²) in [6.07, 6.45) is 2.97. The molecule has 21 heavy (non-hydrogen) atoms. The van der Waals surface area contributed by atoms with Gasteiger partial charge in [0.05, 0.1) is 11.9 Å². The van der Waals surface area contributed by atoms with Gasteiger partial charge in [-0.25, -0.2) is 8.42 Å². The number of carbonyl (C=O) groups is 1. The Bertz CT molecular complexity index is 567. The Balaban J connectivity index is 2.98. The number of benzene rings is 1. The van der Waals surface area contributed by atoms with Crippen LogP contribution in [0.15, 0.2) is 24.3 Å². The molecule has 1 amide bonds. The molecule has 0 aliphatic carbocycles. The molecule has 0 unspecified atom stereocenters. The van der Waals surface area contributed by atoms with Crippen molar-refractivity contribution in [3.63, 3.8) is 0 Å². The molecule has 0 saturated carbocycles. The van der Waals surface area contributed by atoms with Crippen molar-refractivity contribution in [3.8, 4) is 0 Å². The maximum absolute atomic E-state index is 12.1. The molecule has 0 saturated heterocycles. The van der Waals surface area contributed by atoms with Crippen molar-refractivity contribution in [2.45, 2.75) is 39.7 Å². The maximum Gasteiger partial charge on any atom is 0.243 e. The van der Waals surface area contributed by atoms with Crippen LogP contribution in [0.25, 0.3) is 0 Å². The van der Waals surface area contributed by atoms with Gasteiger partial charge in [0.15, 0.2) is 0 Å². The summed E-state index contributed by atoms with van der Waals surface area (Å²) in [6, 6.07) is 6.31. The van der Waals surface area contributed by atoms with Gasteiger partial charge in [0.1, 0.15) is 6.04 Å². The number of carbonyl (C=O) groups excluding carboxylic acids is 1. The molecule has 1 aromatic carbocycles. The number of amides is 1. The normalized spacial score (nSPS) is 12.8. The Morgan fingerprint density at radius 1 is 1.29 bits per heavy atom. The van der Waals surface area contributed by atoms with Gasteiger partial charge in [-0.15, -0.1) is 0 Å². The van der Waals surface area contributed by atoms with E-state index in [4.69, 9.17) is 0 Å². The molecule has 0 heterocycles. The number of hydrogen-bond acceptors (Lipinski definition) is 3. The fourth-order valence-electron chi connectivity index (χ4n) is 2.04. The third-order valence-corrected chi connectivity index (χ3v) is 4.45. The number of nitrogens with one attached hydrogen (secondary N) is 1. The first kappa shape index (κ1) is 17.5. The molecule has 1 atom stereocenters. The second kappa shape index (κ2) is 7.45. The zero-order valence-corrected chi connectivity index (χ0v) is 13.9. The van der Waals surface area contributed by atoms with E-state index in [2.05, 4.69) is 5.32 Å². The van der Waals surface area contributed by atoms with Gasteiger partial charge in [-0.05, 0) is 32.4 Å². The first-order chi connectivity index (χ1) is 9.77. The lowest BCUT2D eigenvalue weighted by Crippen LogP contribution is -2.48. The summed E-state index contributed by atoms with van der Waals surface area (Å²) in [5.41, 5.74) is 1.54. The summed E-state index contributed by atoms with van der Waals surface area (Å²) < 4.78 is 25.2. The Labute approximate surface area is 127 Å². The SMILES string of the molecule is CCCCNC(=O)[C@@H](C)N(c1ccc(C)cc1)S(C)(=O)=O. The molecule has 0 radical (unpaired) electrons. The minimum absolute atomic E-state index is 0.283. The van der Waals surface area contributed by atoms with Crippen LogP contribution in [0.4, 0.5) is 5.69 Å². The van der Waals surface area contributed by atoms with E-state index in [9.17, 15) is 13.2 Å². The van der Waals surface area contributed by atoms with Crippen molar-refractivity contribution in [1.29, 1.82) is 0 Å². The highest BCUT2D eigenvalue weighted by Crippen LogP contribution is 2.21. The number of sulfonamides is 1. The highest BCUT2D eigenvalue weighted by Gasteiger charge is 2.28. The summed E-state index contributed by atoms with van der Waals surface area (Å²) in [5.74, 6) is -0.283. The van der Waals surface area contributed by atoms with E-state index in [1.807, 2.05) is 26.0 Å². The van der Waals surface area contributed by atoms with Gasteiger partial charge in [0, 0.05) is 6.54 Å². The monoisotopic (exact) mass is 312 g/mol. The number of unbranched alkanes of at least 4 members (excludes halogenated alkanes) is 1. The number of rotatable bonds is 7. The maximum atomic E-state index is 12.1. The first-order valence-corrected chi connectivity index (χ1v) is 8.96. The minimum Gasteiger partial charge on any atom is -0.354 e. The molecule has 1 rings (SSSR count). The number of anilines is 1. The number of nitrogens with zero attached hydrogens (tertiary/aromatic N) is 1. The predicted molar refractivity (Wildman–Crippen MR) is 85.9 cm³/mol. The van der Waals surface area contributed by atoms with Crippen molar-refractivity contribution < 1.29 is 13.2 Å². The highest BCUT2D eigenvalue weighted by molar-refractivity contribution is 7.92. The fraction of sp³-hybridized carbons (Fsp3) is 0.533. The van der Waals surface area contributed by atoms with E-state index in [1.54, 1.807) is 19.1 Å². The van der Waals surface area contributed by atoms with Crippen LogP contribution in [0.3, 0.4) is 0 Å². The molecule has 6 heteroatoms. The summed E-state index contributed by atoms with van der Waals surface area (Å²) in [6.45, 7) is 6.12. The first-order valence-electron chi connectivity index (χ1n) is 7.11. The van der Waals surface area contributed by atoms with E-state index in [-0.39, 0.29) is 5.91 Å². The van der Waals surface area contributed by atoms with Gasteiger partial charge in [0.25, 0.3) is 0 Å². The Morgan fingerprint density at radius 2 is 1.86 bits per heavy atom. The third kappa shape index (κ3) is 5.04. The van der Waals surface area contributed by atoms with Crippen molar-refractivity contribution in [3.05, 3.63) is 29.8 Å². The van der Waals surface area contributed by atoms with E-state index >= 15 is 0 Å². The predicted octanol–water partition coefficient (Wildman–Crippen LogP) is 2.07. The van der Waals surface area contributed by atoms with Crippen molar-refractivity contribution in [1.82, 2.24) is 5.32 Å². The number of aryl methyl sites for hydroxylation is 1. The molecule has 0 aromatic heterocycles. The van der Waals surface area contributed by atoms with Gasteiger partial charge < -0.3 is 5.32 Å². The van der Waals surface area contributed by atoms with Gasteiger partial charge in [0.2, 0.25) is 15.9 Å². The van der Waals surface area contributed by atoms with Crippen molar-refractivity contribution in [2.24, 2.45) is 0 Å². The molecule has 0 aliphatic rings. The highest BCUT2D eigenvalue weighted by atomic mass is 32.2. The Hall–Kier alpha value is -1.56. The molecule has 0 spiro atoms. The topological polar surface area (TPSA) is 66.5 Å². The average Bonchev–Trinajstić information content (AvgIpc) is 2.39. The van der Waals surface area contributed by atoms with Crippen LogP contribution in [0.2, 0.25) is 0 Å². The fourth-order valence-corrected chi connectivity index (χ4v) is 3.21.